The molecule has 1 aromatic heterocycles. The fourth-order valence-electron chi connectivity index (χ4n) is 2.46. The van der Waals surface area contributed by atoms with Gasteiger partial charge in [-0.25, -0.2) is 0 Å². The van der Waals surface area contributed by atoms with Crippen LogP contribution in [0.5, 0.6) is 5.75 Å². The number of hydrogen-bond acceptors (Lipinski definition) is 4. The van der Waals surface area contributed by atoms with E-state index >= 15 is 0 Å². The molecule has 5 nitrogen and oxygen atoms in total. The van der Waals surface area contributed by atoms with Crippen molar-refractivity contribution in [1.82, 2.24) is 10.6 Å². The number of rotatable bonds is 3. The number of halogens is 1. The van der Waals surface area contributed by atoms with Crippen LogP contribution < -0.4 is 15.4 Å². The van der Waals surface area contributed by atoms with E-state index in [0.29, 0.717) is 29.1 Å². The maximum Gasteiger partial charge on any atom is 0.255 e. The number of amides is 1. The van der Waals surface area contributed by atoms with Crippen LogP contribution in [0.4, 0.5) is 0 Å². The molecule has 3 rings (SSSR count). The first-order valence-corrected chi connectivity index (χ1v) is 7.45. The summed E-state index contributed by atoms with van der Waals surface area (Å²) < 4.78 is 11.5. The molecule has 0 bridgehead atoms. The van der Waals surface area contributed by atoms with E-state index in [2.05, 4.69) is 26.6 Å². The summed E-state index contributed by atoms with van der Waals surface area (Å²) in [5.74, 6) is 0.514. The van der Waals surface area contributed by atoms with Gasteiger partial charge in [-0.3, -0.25) is 4.79 Å². The normalized spacial score (nSPS) is 15.6. The predicted octanol–water partition coefficient (Wildman–Crippen LogP) is 2.47. The Balaban J connectivity index is 2.02. The van der Waals surface area contributed by atoms with E-state index in [1.54, 1.807) is 6.26 Å². The third-order valence-electron chi connectivity index (χ3n) is 3.47. The van der Waals surface area contributed by atoms with Gasteiger partial charge in [0.1, 0.15) is 12.4 Å². The second-order valence-electron chi connectivity index (χ2n) is 4.73. The summed E-state index contributed by atoms with van der Waals surface area (Å²) >= 11 is 3.39. The molecular formula is C15H15BrN2O3. The van der Waals surface area contributed by atoms with E-state index in [9.17, 15) is 4.79 Å². The van der Waals surface area contributed by atoms with Crippen LogP contribution in [0.1, 0.15) is 27.5 Å². The van der Waals surface area contributed by atoms with E-state index in [1.807, 2.05) is 31.3 Å². The molecule has 0 aliphatic carbocycles. The number of hydrogen-bond donors (Lipinski definition) is 2. The van der Waals surface area contributed by atoms with Crippen molar-refractivity contribution >= 4 is 21.8 Å². The minimum atomic E-state index is -0.106. The van der Waals surface area contributed by atoms with Crippen LogP contribution in [0.3, 0.4) is 0 Å². The third-order valence-corrected chi connectivity index (χ3v) is 4.12. The van der Waals surface area contributed by atoms with Crippen LogP contribution in [-0.4, -0.2) is 26.1 Å². The molecule has 1 aromatic carbocycles. The smallest absolute Gasteiger partial charge is 0.255 e. The molecule has 0 fully saturated rings. The largest absolute Gasteiger partial charge is 0.491 e. The Hall–Kier alpha value is -1.79. The average molecular weight is 351 g/mol. The van der Waals surface area contributed by atoms with Gasteiger partial charge < -0.3 is 19.8 Å². The monoisotopic (exact) mass is 350 g/mol. The maximum atomic E-state index is 12.1. The van der Waals surface area contributed by atoms with Crippen LogP contribution in [0.15, 0.2) is 39.6 Å². The van der Waals surface area contributed by atoms with Gasteiger partial charge in [-0.15, -0.1) is 0 Å². The van der Waals surface area contributed by atoms with Crippen molar-refractivity contribution < 1.29 is 13.9 Å². The first kappa shape index (κ1) is 14.2. The molecule has 2 aromatic rings. The van der Waals surface area contributed by atoms with Gasteiger partial charge in [0.2, 0.25) is 0 Å². The van der Waals surface area contributed by atoms with Gasteiger partial charge in [-0.1, -0.05) is 6.07 Å². The number of furan rings is 1. The molecule has 2 N–H and O–H groups in total. The molecule has 0 spiro atoms. The fraction of sp³-hybridized carbons (Fsp3) is 0.267. The first-order valence-electron chi connectivity index (χ1n) is 6.66. The molecule has 0 radical (unpaired) electrons. The minimum Gasteiger partial charge on any atom is -0.491 e. The predicted molar refractivity (Wildman–Crippen MR) is 81.6 cm³/mol. The number of fused-ring (bicyclic) bond motifs is 1. The Morgan fingerprint density at radius 3 is 2.95 bits per heavy atom. The molecular weight excluding hydrogens is 336 g/mol. The zero-order valence-electron chi connectivity index (χ0n) is 11.5. The van der Waals surface area contributed by atoms with Crippen LogP contribution in [0, 0.1) is 0 Å². The lowest BCUT2D eigenvalue weighted by Crippen LogP contribution is -2.24. The summed E-state index contributed by atoms with van der Waals surface area (Å²) in [5.41, 5.74) is 2.51. The Kier molecular flexibility index (Phi) is 3.98. The molecule has 1 aliphatic heterocycles. The van der Waals surface area contributed by atoms with E-state index < -0.39 is 0 Å². The highest BCUT2D eigenvalue weighted by molar-refractivity contribution is 9.10. The van der Waals surface area contributed by atoms with Gasteiger partial charge in [-0.2, -0.15) is 0 Å². The fourth-order valence-corrected chi connectivity index (χ4v) is 2.93. The van der Waals surface area contributed by atoms with Gasteiger partial charge in [0.05, 0.1) is 24.4 Å². The second-order valence-corrected chi connectivity index (χ2v) is 5.45. The van der Waals surface area contributed by atoms with E-state index in [4.69, 9.17) is 9.15 Å². The number of benzene rings is 1. The van der Waals surface area contributed by atoms with Gasteiger partial charge in [0.25, 0.3) is 5.91 Å². The van der Waals surface area contributed by atoms with Gasteiger partial charge in [-0.05, 0) is 46.7 Å². The highest BCUT2D eigenvalue weighted by Crippen LogP contribution is 2.32. The molecule has 6 heteroatoms. The van der Waals surface area contributed by atoms with Crippen LogP contribution in [0.2, 0.25) is 0 Å². The number of nitrogens with one attached hydrogen (secondary N) is 2. The highest BCUT2D eigenvalue weighted by Gasteiger charge is 2.22. The second kappa shape index (κ2) is 5.91. The van der Waals surface area contributed by atoms with E-state index in [1.165, 1.54) is 0 Å². The molecule has 1 aliphatic rings. The van der Waals surface area contributed by atoms with E-state index in [0.717, 1.165) is 11.1 Å². The summed E-state index contributed by atoms with van der Waals surface area (Å²) in [6.45, 7) is 1.01. The number of ether oxygens (including phenoxy) is 1. The Bertz CT molecular complexity index is 669. The lowest BCUT2D eigenvalue weighted by atomic mass is 9.98. The lowest BCUT2D eigenvalue weighted by Gasteiger charge is -2.17. The Labute approximate surface area is 130 Å². The summed E-state index contributed by atoms with van der Waals surface area (Å²) in [5, 5.41) is 6.06. The maximum absolute atomic E-state index is 12.1. The summed E-state index contributed by atoms with van der Waals surface area (Å²) in [6.07, 6.45) is 1.63. The van der Waals surface area contributed by atoms with Crippen LogP contribution in [0.25, 0.3) is 0 Å². The van der Waals surface area contributed by atoms with Crippen molar-refractivity contribution in [3.63, 3.8) is 0 Å². The third kappa shape index (κ3) is 2.69. The molecule has 0 saturated heterocycles. The van der Waals surface area contributed by atoms with Crippen LogP contribution in [-0.2, 0) is 0 Å². The molecule has 1 unspecified atom stereocenters. The molecule has 110 valence electrons. The van der Waals surface area contributed by atoms with Crippen LogP contribution >= 0.6 is 15.9 Å². The molecule has 1 atom stereocenters. The average Bonchev–Trinajstić information content (AvgIpc) is 2.82. The highest BCUT2D eigenvalue weighted by atomic mass is 79.9. The van der Waals surface area contributed by atoms with Crippen molar-refractivity contribution in [3.05, 3.63) is 51.9 Å². The van der Waals surface area contributed by atoms with Crippen molar-refractivity contribution in [2.45, 2.75) is 6.04 Å². The van der Waals surface area contributed by atoms with Crippen molar-refractivity contribution in [2.24, 2.45) is 0 Å². The zero-order chi connectivity index (χ0) is 14.8. The van der Waals surface area contributed by atoms with Crippen molar-refractivity contribution in [1.29, 1.82) is 0 Å². The van der Waals surface area contributed by atoms with Crippen molar-refractivity contribution in [2.75, 3.05) is 20.2 Å². The zero-order valence-corrected chi connectivity index (χ0v) is 13.1. The lowest BCUT2D eigenvalue weighted by molar-refractivity contribution is 0.0957. The summed E-state index contributed by atoms with van der Waals surface area (Å²) in [7, 11) is 1.87. The number of carbonyl (C=O) groups is 1. The Morgan fingerprint density at radius 1 is 1.38 bits per heavy atom. The van der Waals surface area contributed by atoms with Gasteiger partial charge >= 0.3 is 0 Å². The summed E-state index contributed by atoms with van der Waals surface area (Å²) in [4.78, 5) is 12.1. The minimum absolute atomic E-state index is 0.0699. The first-order chi connectivity index (χ1) is 10.2. The Morgan fingerprint density at radius 2 is 2.24 bits per heavy atom. The van der Waals surface area contributed by atoms with Crippen molar-refractivity contribution in [3.8, 4) is 5.75 Å². The molecule has 0 saturated carbocycles. The molecule has 2 heterocycles. The van der Waals surface area contributed by atoms with E-state index in [-0.39, 0.29) is 11.9 Å². The quantitative estimate of drug-likeness (QED) is 0.892. The topological polar surface area (TPSA) is 63.5 Å². The number of carbonyl (C=O) groups excluding carboxylic acids is 1. The molecule has 1 amide bonds. The molecule has 21 heavy (non-hydrogen) atoms. The standard InChI is InChI=1S/C15H15BrN2O3/c1-17-13(10-4-6-21-14(10)16)9-2-3-12-11(8-9)15(19)18-5-7-20-12/h2-4,6,8,13,17H,5,7H2,1H3,(H,18,19). The van der Waals surface area contributed by atoms with Gasteiger partial charge in [0, 0.05) is 5.56 Å². The van der Waals surface area contributed by atoms with Gasteiger partial charge in [0.15, 0.2) is 4.67 Å². The SMILES string of the molecule is CNC(c1ccc2c(c1)C(=O)NCCO2)c1ccoc1Br. The summed E-state index contributed by atoms with van der Waals surface area (Å²) in [6, 6.07) is 7.48.